The monoisotopic (exact) mass is 286 g/mol. The number of hydrogen-bond donors (Lipinski definition) is 2. The summed E-state index contributed by atoms with van der Waals surface area (Å²) in [7, 11) is -3.84. The summed E-state index contributed by atoms with van der Waals surface area (Å²) in [5.41, 5.74) is 0. The minimum absolute atomic E-state index is 0.564. The summed E-state index contributed by atoms with van der Waals surface area (Å²) in [6, 6.07) is 0. The van der Waals surface area contributed by atoms with Crippen molar-refractivity contribution in [2.75, 3.05) is 0 Å². The Morgan fingerprint density at radius 1 is 0.667 bits per heavy atom. The molecule has 0 radical (unpaired) electrons. The molecule has 0 aromatic heterocycles. The van der Waals surface area contributed by atoms with E-state index < -0.39 is 43.4 Å². The Kier molecular flexibility index (Phi) is 3.05. The van der Waals surface area contributed by atoms with Gasteiger partial charge in [0.25, 0.3) is 23.6 Å². The van der Waals surface area contributed by atoms with Crippen molar-refractivity contribution >= 4 is 43.4 Å². The topological polar surface area (TPSA) is 122 Å². The molecule has 10 heteroatoms. The molecule has 0 aromatic carbocycles. The lowest BCUT2D eigenvalue weighted by Gasteiger charge is -2.21. The fraction of sp³-hybridized carbons (Fsp3) is 0. The molecule has 2 N–H and O–H groups in total. The highest BCUT2D eigenvalue weighted by Crippen LogP contribution is 2.17. The number of amides is 4. The zero-order chi connectivity index (χ0) is 13.4. The van der Waals surface area contributed by atoms with E-state index in [0.717, 1.165) is 24.3 Å². The van der Waals surface area contributed by atoms with Crippen LogP contribution >= 0.6 is 0 Å². The number of carbonyl (C=O) groups excluding carboxylic acids is 4. The fourth-order valence-electron chi connectivity index (χ4n) is 1.24. The van der Waals surface area contributed by atoms with Crippen molar-refractivity contribution < 1.29 is 19.2 Å². The van der Waals surface area contributed by atoms with Crippen LogP contribution < -0.4 is 0 Å². The number of nitrogens with one attached hydrogen (secondary N) is 2. The van der Waals surface area contributed by atoms with Crippen molar-refractivity contribution in [2.45, 2.75) is 0 Å². The Morgan fingerprint density at radius 3 is 1.11 bits per heavy atom. The van der Waals surface area contributed by atoms with Gasteiger partial charge >= 0.3 is 0 Å². The SMILES string of the molecule is N=S(N1C(=O)C=CC1=O)S(=N)N1C(=O)C=CC1=O. The van der Waals surface area contributed by atoms with Crippen LogP contribution in [-0.4, -0.2) is 32.2 Å². The molecule has 0 fully saturated rings. The predicted molar refractivity (Wildman–Crippen MR) is 62.2 cm³/mol. The lowest BCUT2D eigenvalue weighted by atomic mass is 10.6. The number of hydrogen-bond acceptors (Lipinski definition) is 6. The first-order valence-electron chi connectivity index (χ1n) is 4.47. The molecule has 2 aliphatic heterocycles. The third-order valence-corrected chi connectivity index (χ3v) is 5.49. The van der Waals surface area contributed by atoms with Gasteiger partial charge in [0.2, 0.25) is 0 Å². The lowest BCUT2D eigenvalue weighted by Crippen LogP contribution is -2.40. The van der Waals surface area contributed by atoms with Gasteiger partial charge in [-0.05, 0) is 0 Å². The van der Waals surface area contributed by atoms with Crippen LogP contribution in [-0.2, 0) is 39.0 Å². The van der Waals surface area contributed by atoms with E-state index in [-0.39, 0.29) is 0 Å². The van der Waals surface area contributed by atoms with E-state index in [1.807, 2.05) is 0 Å². The molecule has 2 atom stereocenters. The number of imide groups is 2. The van der Waals surface area contributed by atoms with E-state index in [1.165, 1.54) is 0 Å². The Balaban J connectivity index is 2.23. The summed E-state index contributed by atoms with van der Waals surface area (Å²) in [5, 5.41) is 0. The first-order valence-corrected chi connectivity index (χ1v) is 7.35. The van der Waals surface area contributed by atoms with Crippen LogP contribution in [0, 0.1) is 9.56 Å². The normalized spacial score (nSPS) is 22.2. The Morgan fingerprint density at radius 2 is 0.889 bits per heavy atom. The molecule has 94 valence electrons. The molecule has 2 aliphatic rings. The summed E-state index contributed by atoms with van der Waals surface area (Å²) in [5.74, 6) is -2.85. The highest BCUT2D eigenvalue weighted by molar-refractivity contribution is 8.60. The summed E-state index contributed by atoms with van der Waals surface area (Å²) in [4.78, 5) is 45.3. The van der Waals surface area contributed by atoms with Crippen molar-refractivity contribution in [3.63, 3.8) is 0 Å². The molecule has 0 saturated heterocycles. The van der Waals surface area contributed by atoms with Gasteiger partial charge in [-0.15, -0.1) is 0 Å². The minimum atomic E-state index is -1.92. The van der Waals surface area contributed by atoms with Gasteiger partial charge in [0, 0.05) is 24.3 Å². The van der Waals surface area contributed by atoms with Crippen molar-refractivity contribution in [3.8, 4) is 0 Å². The van der Waals surface area contributed by atoms with Gasteiger partial charge < -0.3 is 0 Å². The van der Waals surface area contributed by atoms with E-state index in [9.17, 15) is 19.2 Å². The van der Waals surface area contributed by atoms with Crippen LogP contribution in [0.5, 0.6) is 0 Å². The summed E-state index contributed by atoms with van der Waals surface area (Å²) < 4.78 is 16.5. The van der Waals surface area contributed by atoms with Gasteiger partial charge in [0.1, 0.15) is 0 Å². The zero-order valence-corrected chi connectivity index (χ0v) is 10.3. The van der Waals surface area contributed by atoms with Crippen molar-refractivity contribution in [1.82, 2.24) is 8.61 Å². The number of nitrogens with zero attached hydrogens (tertiary/aromatic N) is 2. The molecule has 8 nitrogen and oxygen atoms in total. The van der Waals surface area contributed by atoms with Gasteiger partial charge in [-0.1, -0.05) is 0 Å². The molecule has 0 spiro atoms. The Hall–Kier alpha value is -1.94. The molecule has 2 rings (SSSR count). The first kappa shape index (κ1) is 12.5. The molecule has 18 heavy (non-hydrogen) atoms. The number of rotatable bonds is 3. The molecule has 0 bridgehead atoms. The fourth-order valence-corrected chi connectivity index (χ4v) is 4.15. The second-order valence-corrected chi connectivity index (χ2v) is 6.73. The maximum Gasteiger partial charge on any atom is 0.265 e. The van der Waals surface area contributed by atoms with E-state index in [0.29, 0.717) is 8.61 Å². The van der Waals surface area contributed by atoms with Crippen molar-refractivity contribution in [3.05, 3.63) is 24.3 Å². The second kappa shape index (κ2) is 4.38. The van der Waals surface area contributed by atoms with E-state index in [4.69, 9.17) is 9.56 Å². The summed E-state index contributed by atoms with van der Waals surface area (Å²) in [6.45, 7) is 0. The molecule has 0 aliphatic carbocycles. The standard InChI is InChI=1S/C8H6N4O4S2/c9-17(11-5(13)1-2-6(11)14)18(10)12-7(15)3-4-8(12)16/h1-4,9-10H. The molecular weight excluding hydrogens is 280 g/mol. The largest absolute Gasteiger partial charge is 0.268 e. The van der Waals surface area contributed by atoms with Crippen LogP contribution in [0.1, 0.15) is 0 Å². The second-order valence-electron chi connectivity index (χ2n) is 3.11. The molecule has 2 unspecified atom stereocenters. The average Bonchev–Trinajstić information content (AvgIpc) is 2.81. The van der Waals surface area contributed by atoms with E-state index in [2.05, 4.69) is 0 Å². The molecule has 4 amide bonds. The quantitative estimate of drug-likeness (QED) is 0.528. The van der Waals surface area contributed by atoms with Crippen LogP contribution in [0.3, 0.4) is 0 Å². The highest BCUT2D eigenvalue weighted by atomic mass is 33.1. The highest BCUT2D eigenvalue weighted by Gasteiger charge is 2.35. The van der Waals surface area contributed by atoms with Crippen molar-refractivity contribution in [1.29, 1.82) is 9.56 Å². The van der Waals surface area contributed by atoms with Crippen LogP contribution in [0.15, 0.2) is 24.3 Å². The Bertz CT molecular complexity index is 506. The smallest absolute Gasteiger partial charge is 0.265 e. The average molecular weight is 286 g/mol. The molecule has 2 heterocycles. The maximum atomic E-state index is 11.3. The minimum Gasteiger partial charge on any atom is -0.268 e. The third kappa shape index (κ3) is 1.84. The Labute approximate surface area is 105 Å². The molecule has 0 saturated carbocycles. The van der Waals surface area contributed by atoms with E-state index in [1.54, 1.807) is 0 Å². The van der Waals surface area contributed by atoms with E-state index >= 15 is 0 Å². The lowest BCUT2D eigenvalue weighted by molar-refractivity contribution is -0.132. The van der Waals surface area contributed by atoms with Gasteiger partial charge in [0.15, 0.2) is 0 Å². The molecule has 0 aromatic rings. The van der Waals surface area contributed by atoms with Gasteiger partial charge in [0.05, 0.1) is 19.8 Å². The summed E-state index contributed by atoms with van der Waals surface area (Å²) >= 11 is 0. The first-order chi connectivity index (χ1) is 8.43. The maximum absolute atomic E-state index is 11.3. The molecular formula is C8H6N4O4S2. The van der Waals surface area contributed by atoms with Crippen LogP contribution in [0.2, 0.25) is 0 Å². The van der Waals surface area contributed by atoms with Gasteiger partial charge in [-0.2, -0.15) is 8.61 Å². The van der Waals surface area contributed by atoms with Crippen molar-refractivity contribution in [2.24, 2.45) is 0 Å². The van der Waals surface area contributed by atoms with Crippen LogP contribution in [0.4, 0.5) is 0 Å². The third-order valence-electron chi connectivity index (χ3n) is 2.02. The van der Waals surface area contributed by atoms with Gasteiger partial charge in [-0.25, -0.2) is 9.56 Å². The zero-order valence-electron chi connectivity index (χ0n) is 8.65. The van der Waals surface area contributed by atoms with Crippen LogP contribution in [0.25, 0.3) is 0 Å². The predicted octanol–water partition coefficient (Wildman–Crippen LogP) is -0.657. The summed E-state index contributed by atoms with van der Waals surface area (Å²) in [6.07, 6.45) is 3.94. The van der Waals surface area contributed by atoms with Gasteiger partial charge in [-0.3, -0.25) is 19.2 Å². The number of carbonyl (C=O) groups is 4.